The van der Waals surface area contributed by atoms with Gasteiger partial charge in [0.1, 0.15) is 0 Å². The Kier molecular flexibility index (Phi) is 16.0. The molecule has 0 aromatic heterocycles. The molecule has 12 heteroatoms. The standard InChI is InChI=1S/C42H62N8O4/c1-45-35-15-9-25-41(47-3,48-4)33(35)21-17-29-11-7-13-31(27-29)19-23-37(43)53-39(51)40(52)54-38(44)24-20-32-14-8-12-30(28-32)18-22-34-36(46-2)16-10-26-42(34,49-5)50-6/h7-8,11-14,17-18,21-22,27-28,37-38,45-50H,9-10,15-16,19-20,23-26,43-44H2,1-6H3/b21-17+,22-18+. The third kappa shape index (κ3) is 10.9. The van der Waals surface area contributed by atoms with Crippen LogP contribution in [0.5, 0.6) is 0 Å². The first-order chi connectivity index (χ1) is 26.0. The number of likely N-dealkylation sites (N-methyl/N-ethyl adjacent to an activating group) is 4. The number of hydrogen-bond acceptors (Lipinski definition) is 12. The summed E-state index contributed by atoms with van der Waals surface area (Å²) in [5.74, 6) is -2.31. The Hall–Kier alpha value is -4.30. The van der Waals surface area contributed by atoms with Gasteiger partial charge in [0.15, 0.2) is 12.5 Å². The largest absolute Gasteiger partial charge is 0.438 e. The number of benzene rings is 2. The number of nitrogens with one attached hydrogen (secondary N) is 6. The molecule has 0 spiro atoms. The van der Waals surface area contributed by atoms with Crippen molar-refractivity contribution < 1.29 is 19.1 Å². The van der Waals surface area contributed by atoms with Gasteiger partial charge in [-0.3, -0.25) is 32.7 Å². The summed E-state index contributed by atoms with van der Waals surface area (Å²) in [6.07, 6.45) is 14.5. The molecule has 0 saturated carbocycles. The van der Waals surface area contributed by atoms with Gasteiger partial charge < -0.3 is 20.1 Å². The molecule has 2 unspecified atom stereocenters. The number of carbonyl (C=O) groups excluding carboxylic acids is 2. The molecule has 0 fully saturated rings. The zero-order chi connectivity index (χ0) is 39.1. The SMILES string of the molecule is CNC1=C(/C=C/c2cccc(CCC(N)OC(=O)C(=O)OC(N)CCc3cccc(/C=C/C4=C(NC)CCCC4(NC)NC)c3)c2)C(NC)(NC)CCC1. The summed E-state index contributed by atoms with van der Waals surface area (Å²) in [7, 11) is 11.8. The van der Waals surface area contributed by atoms with Crippen molar-refractivity contribution in [2.45, 2.75) is 88.0 Å². The Balaban J connectivity index is 1.25. The van der Waals surface area contributed by atoms with Crippen LogP contribution in [-0.2, 0) is 31.9 Å². The van der Waals surface area contributed by atoms with Gasteiger partial charge >= 0.3 is 11.9 Å². The fourth-order valence-electron chi connectivity index (χ4n) is 7.58. The highest BCUT2D eigenvalue weighted by molar-refractivity contribution is 6.29. The summed E-state index contributed by atoms with van der Waals surface area (Å²) in [4.78, 5) is 25.0. The zero-order valence-corrected chi connectivity index (χ0v) is 32.9. The van der Waals surface area contributed by atoms with E-state index in [2.05, 4.69) is 68.3 Å². The molecule has 2 aromatic rings. The second-order valence-corrected chi connectivity index (χ2v) is 13.9. The normalized spacial score (nSPS) is 18.1. The van der Waals surface area contributed by atoms with Crippen LogP contribution in [0, 0.1) is 0 Å². The molecule has 0 saturated heterocycles. The minimum Gasteiger partial charge on any atom is -0.438 e. The third-order valence-electron chi connectivity index (χ3n) is 10.7. The van der Waals surface area contributed by atoms with Crippen molar-refractivity contribution in [2.24, 2.45) is 11.5 Å². The zero-order valence-electron chi connectivity index (χ0n) is 32.9. The van der Waals surface area contributed by atoms with Gasteiger partial charge in [-0.2, -0.15) is 0 Å². The molecule has 4 rings (SSSR count). The number of esters is 2. The quantitative estimate of drug-likeness (QED) is 0.0635. The molecule has 0 bridgehead atoms. The molecular formula is C42H62N8O4. The first-order valence-corrected chi connectivity index (χ1v) is 19.1. The summed E-state index contributed by atoms with van der Waals surface area (Å²) in [5, 5.41) is 20.6. The second kappa shape index (κ2) is 20.4. The van der Waals surface area contributed by atoms with Crippen LogP contribution in [0.25, 0.3) is 12.2 Å². The summed E-state index contributed by atoms with van der Waals surface area (Å²) < 4.78 is 10.4. The van der Waals surface area contributed by atoms with E-state index in [9.17, 15) is 9.59 Å². The molecule has 12 nitrogen and oxygen atoms in total. The van der Waals surface area contributed by atoms with Crippen molar-refractivity contribution >= 4 is 24.1 Å². The summed E-state index contributed by atoms with van der Waals surface area (Å²) in [5.41, 5.74) is 20.5. The van der Waals surface area contributed by atoms with E-state index in [1.807, 2.05) is 78.7 Å². The topological polar surface area (TPSA) is 177 Å². The highest BCUT2D eigenvalue weighted by atomic mass is 16.6. The van der Waals surface area contributed by atoms with Crippen LogP contribution in [-0.4, -0.2) is 78.0 Å². The third-order valence-corrected chi connectivity index (χ3v) is 10.7. The fourth-order valence-corrected chi connectivity index (χ4v) is 7.58. The van der Waals surface area contributed by atoms with Gasteiger partial charge in [-0.25, -0.2) is 9.59 Å². The lowest BCUT2D eigenvalue weighted by Crippen LogP contribution is -2.57. The lowest BCUT2D eigenvalue weighted by atomic mass is 9.84. The summed E-state index contributed by atoms with van der Waals surface area (Å²) in [6.45, 7) is 0. The Labute approximate surface area is 321 Å². The molecule has 294 valence electrons. The predicted octanol–water partition coefficient (Wildman–Crippen LogP) is 3.52. The van der Waals surface area contributed by atoms with Crippen molar-refractivity contribution in [2.75, 3.05) is 42.3 Å². The van der Waals surface area contributed by atoms with E-state index in [4.69, 9.17) is 20.9 Å². The molecule has 2 aromatic carbocycles. The maximum absolute atomic E-state index is 12.5. The molecule has 2 aliphatic carbocycles. The molecule has 2 atom stereocenters. The van der Waals surface area contributed by atoms with Crippen molar-refractivity contribution in [1.29, 1.82) is 0 Å². The average Bonchev–Trinajstić information content (AvgIpc) is 3.20. The molecule has 10 N–H and O–H groups in total. The molecule has 54 heavy (non-hydrogen) atoms. The van der Waals surface area contributed by atoms with Gasteiger partial charge in [-0.15, -0.1) is 0 Å². The number of nitrogens with two attached hydrogens (primary N) is 2. The molecule has 0 amide bonds. The molecule has 2 aliphatic rings. The first kappa shape index (κ1) is 42.4. The van der Waals surface area contributed by atoms with Gasteiger partial charge in [-0.1, -0.05) is 72.8 Å². The summed E-state index contributed by atoms with van der Waals surface area (Å²) in [6, 6.07) is 16.2. The number of hydrogen-bond donors (Lipinski definition) is 8. The van der Waals surface area contributed by atoms with Gasteiger partial charge in [0, 0.05) is 49.5 Å². The van der Waals surface area contributed by atoms with E-state index in [0.717, 1.165) is 60.8 Å². The highest BCUT2D eigenvalue weighted by Gasteiger charge is 2.35. The highest BCUT2D eigenvalue weighted by Crippen LogP contribution is 2.33. The van der Waals surface area contributed by atoms with Crippen LogP contribution in [0.1, 0.15) is 73.6 Å². The van der Waals surface area contributed by atoms with E-state index in [-0.39, 0.29) is 11.3 Å². The van der Waals surface area contributed by atoms with E-state index in [1.54, 1.807) is 0 Å². The molecule has 0 aliphatic heterocycles. The van der Waals surface area contributed by atoms with Crippen LogP contribution in [0.3, 0.4) is 0 Å². The maximum Gasteiger partial charge on any atom is 0.419 e. The van der Waals surface area contributed by atoms with Crippen LogP contribution >= 0.6 is 0 Å². The Bertz CT molecular complexity index is 1570. The summed E-state index contributed by atoms with van der Waals surface area (Å²) >= 11 is 0. The Morgan fingerprint density at radius 3 is 1.39 bits per heavy atom. The van der Waals surface area contributed by atoms with Crippen LogP contribution < -0.4 is 43.4 Å². The number of carbonyl (C=O) groups is 2. The Morgan fingerprint density at radius 2 is 1.04 bits per heavy atom. The minimum atomic E-state index is -1.16. The minimum absolute atomic E-state index is 0.298. The second-order valence-electron chi connectivity index (χ2n) is 13.9. The van der Waals surface area contributed by atoms with Crippen LogP contribution in [0.2, 0.25) is 0 Å². The average molecular weight is 743 g/mol. The van der Waals surface area contributed by atoms with Gasteiger partial charge in [0.2, 0.25) is 0 Å². The maximum atomic E-state index is 12.5. The van der Waals surface area contributed by atoms with Crippen LogP contribution in [0.15, 0.2) is 83.2 Å². The van der Waals surface area contributed by atoms with E-state index < -0.39 is 24.4 Å². The van der Waals surface area contributed by atoms with E-state index >= 15 is 0 Å². The number of aryl methyl sites for hydroxylation is 2. The first-order valence-electron chi connectivity index (χ1n) is 19.1. The van der Waals surface area contributed by atoms with Gasteiger partial charge in [0.25, 0.3) is 0 Å². The molecule has 0 heterocycles. The van der Waals surface area contributed by atoms with Gasteiger partial charge in [0.05, 0.1) is 11.3 Å². The lowest BCUT2D eigenvalue weighted by molar-refractivity contribution is -0.174. The van der Waals surface area contributed by atoms with Crippen molar-refractivity contribution in [3.05, 3.63) is 105 Å². The van der Waals surface area contributed by atoms with Crippen molar-refractivity contribution in [3.8, 4) is 0 Å². The van der Waals surface area contributed by atoms with Crippen molar-refractivity contribution in [1.82, 2.24) is 31.9 Å². The van der Waals surface area contributed by atoms with E-state index in [0.29, 0.717) is 25.7 Å². The van der Waals surface area contributed by atoms with Crippen LogP contribution in [0.4, 0.5) is 0 Å². The number of rotatable bonds is 18. The fraction of sp³-hybridized carbons (Fsp3) is 0.476. The van der Waals surface area contributed by atoms with Crippen molar-refractivity contribution in [3.63, 3.8) is 0 Å². The molecule has 0 radical (unpaired) electrons. The predicted molar refractivity (Wildman–Crippen MR) is 217 cm³/mol. The lowest BCUT2D eigenvalue weighted by Gasteiger charge is -2.39. The van der Waals surface area contributed by atoms with Gasteiger partial charge in [-0.05, 0) is 102 Å². The number of ether oxygens (including phenoxy) is 2. The monoisotopic (exact) mass is 742 g/mol. The van der Waals surface area contributed by atoms with E-state index in [1.165, 1.54) is 22.5 Å². The number of allylic oxidation sites excluding steroid dienone is 2. The Morgan fingerprint density at radius 1 is 0.648 bits per heavy atom. The smallest absolute Gasteiger partial charge is 0.419 e. The molecular weight excluding hydrogens is 681 g/mol.